The first-order valence-corrected chi connectivity index (χ1v) is 7.13. The second-order valence-corrected chi connectivity index (χ2v) is 5.40. The van der Waals surface area contributed by atoms with Crippen LogP contribution in [0.15, 0.2) is 42.5 Å². The van der Waals surface area contributed by atoms with E-state index >= 15 is 0 Å². The SMILES string of the molecule is COc1ccccc1CC(C)Nc1c(C)cccc1Cl. The molecule has 0 radical (unpaired) electrons. The average Bonchev–Trinajstić information content (AvgIpc) is 2.44. The van der Waals surface area contributed by atoms with E-state index in [0.717, 1.165) is 28.4 Å². The van der Waals surface area contributed by atoms with Crippen molar-refractivity contribution in [2.45, 2.75) is 26.3 Å². The van der Waals surface area contributed by atoms with Gasteiger partial charge in [-0.15, -0.1) is 0 Å². The first-order chi connectivity index (χ1) is 9.61. The van der Waals surface area contributed by atoms with Crippen LogP contribution in [0, 0.1) is 6.92 Å². The van der Waals surface area contributed by atoms with E-state index in [1.54, 1.807) is 7.11 Å². The fourth-order valence-electron chi connectivity index (χ4n) is 2.31. The molecular formula is C17H20ClNO. The van der Waals surface area contributed by atoms with Gasteiger partial charge in [0.25, 0.3) is 0 Å². The Bertz CT molecular complexity index is 563. The summed E-state index contributed by atoms with van der Waals surface area (Å²) in [5.74, 6) is 0.928. The van der Waals surface area contributed by atoms with Crippen molar-refractivity contribution < 1.29 is 4.74 Å². The molecule has 0 spiro atoms. The summed E-state index contributed by atoms with van der Waals surface area (Å²) in [6.07, 6.45) is 0.884. The molecule has 0 saturated carbocycles. The summed E-state index contributed by atoms with van der Waals surface area (Å²) in [7, 11) is 1.70. The predicted octanol–water partition coefficient (Wildman–Crippen LogP) is 4.70. The zero-order valence-corrected chi connectivity index (χ0v) is 12.9. The van der Waals surface area contributed by atoms with Gasteiger partial charge in [0.05, 0.1) is 17.8 Å². The lowest BCUT2D eigenvalue weighted by atomic mass is 10.1. The Hall–Kier alpha value is -1.67. The molecule has 0 aliphatic carbocycles. The van der Waals surface area contributed by atoms with Crippen LogP contribution in [0.3, 0.4) is 0 Å². The topological polar surface area (TPSA) is 21.3 Å². The van der Waals surface area contributed by atoms with E-state index in [4.69, 9.17) is 16.3 Å². The van der Waals surface area contributed by atoms with Crippen LogP contribution in [0.1, 0.15) is 18.1 Å². The van der Waals surface area contributed by atoms with Gasteiger partial charge in [-0.2, -0.15) is 0 Å². The Morgan fingerprint density at radius 2 is 1.90 bits per heavy atom. The number of methoxy groups -OCH3 is 1. The molecular weight excluding hydrogens is 270 g/mol. The predicted molar refractivity (Wildman–Crippen MR) is 86.0 cm³/mol. The number of hydrogen-bond acceptors (Lipinski definition) is 2. The number of rotatable bonds is 5. The molecule has 0 bridgehead atoms. The molecule has 2 rings (SSSR count). The zero-order chi connectivity index (χ0) is 14.5. The summed E-state index contributed by atoms with van der Waals surface area (Å²) in [6, 6.07) is 14.3. The van der Waals surface area contributed by atoms with Crippen LogP contribution in [-0.2, 0) is 6.42 Å². The van der Waals surface area contributed by atoms with E-state index in [9.17, 15) is 0 Å². The largest absolute Gasteiger partial charge is 0.496 e. The standard InChI is InChI=1S/C17H20ClNO/c1-12-7-6-9-15(18)17(12)19-13(2)11-14-8-4-5-10-16(14)20-3/h4-10,13,19H,11H2,1-3H3. The van der Waals surface area contributed by atoms with E-state index in [1.165, 1.54) is 5.56 Å². The number of nitrogens with one attached hydrogen (secondary N) is 1. The highest BCUT2D eigenvalue weighted by Crippen LogP contribution is 2.27. The molecule has 0 heterocycles. The molecule has 0 aliphatic rings. The van der Waals surface area contributed by atoms with Gasteiger partial charge < -0.3 is 10.1 Å². The van der Waals surface area contributed by atoms with Gasteiger partial charge in [-0.1, -0.05) is 41.9 Å². The minimum absolute atomic E-state index is 0.268. The van der Waals surface area contributed by atoms with Crippen molar-refractivity contribution >= 4 is 17.3 Å². The Labute approximate surface area is 125 Å². The highest BCUT2D eigenvalue weighted by molar-refractivity contribution is 6.33. The third-order valence-corrected chi connectivity index (χ3v) is 3.65. The summed E-state index contributed by atoms with van der Waals surface area (Å²) < 4.78 is 5.39. The van der Waals surface area contributed by atoms with Crippen LogP contribution in [-0.4, -0.2) is 13.2 Å². The quantitative estimate of drug-likeness (QED) is 0.861. The van der Waals surface area contributed by atoms with E-state index in [-0.39, 0.29) is 6.04 Å². The lowest BCUT2D eigenvalue weighted by molar-refractivity contribution is 0.409. The Morgan fingerprint density at radius 3 is 2.60 bits per heavy atom. The Kier molecular flexibility index (Phi) is 4.91. The molecule has 20 heavy (non-hydrogen) atoms. The number of aryl methyl sites for hydroxylation is 1. The van der Waals surface area contributed by atoms with Gasteiger partial charge in [-0.25, -0.2) is 0 Å². The number of para-hydroxylation sites is 2. The van der Waals surface area contributed by atoms with Crippen molar-refractivity contribution in [1.29, 1.82) is 0 Å². The summed E-state index contributed by atoms with van der Waals surface area (Å²) >= 11 is 6.25. The van der Waals surface area contributed by atoms with Crippen molar-refractivity contribution in [3.63, 3.8) is 0 Å². The van der Waals surface area contributed by atoms with Gasteiger partial charge in [-0.05, 0) is 43.5 Å². The number of ether oxygens (including phenoxy) is 1. The number of anilines is 1. The molecule has 1 N–H and O–H groups in total. The van der Waals surface area contributed by atoms with Gasteiger partial charge in [0.1, 0.15) is 5.75 Å². The monoisotopic (exact) mass is 289 g/mol. The van der Waals surface area contributed by atoms with Crippen molar-refractivity contribution in [2.75, 3.05) is 12.4 Å². The lowest BCUT2D eigenvalue weighted by Crippen LogP contribution is -2.19. The normalized spacial score (nSPS) is 12.0. The summed E-state index contributed by atoms with van der Waals surface area (Å²) in [5.41, 5.74) is 3.36. The molecule has 1 unspecified atom stereocenters. The minimum atomic E-state index is 0.268. The van der Waals surface area contributed by atoms with Crippen LogP contribution in [0.5, 0.6) is 5.75 Å². The Morgan fingerprint density at radius 1 is 1.15 bits per heavy atom. The summed E-state index contributed by atoms with van der Waals surface area (Å²) in [5, 5.41) is 4.25. The molecule has 1 atom stereocenters. The fraction of sp³-hybridized carbons (Fsp3) is 0.294. The second-order valence-electron chi connectivity index (χ2n) is 4.99. The zero-order valence-electron chi connectivity index (χ0n) is 12.1. The highest BCUT2D eigenvalue weighted by atomic mass is 35.5. The van der Waals surface area contributed by atoms with Gasteiger partial charge in [0, 0.05) is 6.04 Å². The van der Waals surface area contributed by atoms with Gasteiger partial charge in [-0.3, -0.25) is 0 Å². The summed E-state index contributed by atoms with van der Waals surface area (Å²) in [4.78, 5) is 0. The molecule has 0 aliphatic heterocycles. The molecule has 3 heteroatoms. The van der Waals surface area contributed by atoms with Gasteiger partial charge in [0.2, 0.25) is 0 Å². The smallest absolute Gasteiger partial charge is 0.122 e. The van der Waals surface area contributed by atoms with Gasteiger partial charge >= 0.3 is 0 Å². The number of hydrogen-bond donors (Lipinski definition) is 1. The second kappa shape index (κ2) is 6.67. The maximum atomic E-state index is 6.25. The van der Waals surface area contributed by atoms with Crippen LogP contribution in [0.25, 0.3) is 0 Å². The highest BCUT2D eigenvalue weighted by Gasteiger charge is 2.10. The fourth-order valence-corrected chi connectivity index (χ4v) is 2.59. The molecule has 2 aromatic carbocycles. The average molecular weight is 290 g/mol. The first kappa shape index (κ1) is 14.7. The van der Waals surface area contributed by atoms with Crippen molar-refractivity contribution in [2.24, 2.45) is 0 Å². The summed E-state index contributed by atoms with van der Waals surface area (Å²) in [6.45, 7) is 4.21. The van der Waals surface area contributed by atoms with Crippen molar-refractivity contribution in [3.8, 4) is 5.75 Å². The van der Waals surface area contributed by atoms with Crippen molar-refractivity contribution in [1.82, 2.24) is 0 Å². The van der Waals surface area contributed by atoms with E-state index in [0.29, 0.717) is 0 Å². The van der Waals surface area contributed by atoms with E-state index in [2.05, 4.69) is 31.3 Å². The van der Waals surface area contributed by atoms with Crippen LogP contribution < -0.4 is 10.1 Å². The molecule has 0 aromatic heterocycles. The molecule has 2 nitrogen and oxygen atoms in total. The molecule has 106 valence electrons. The van der Waals surface area contributed by atoms with E-state index < -0.39 is 0 Å². The van der Waals surface area contributed by atoms with Crippen LogP contribution in [0.2, 0.25) is 5.02 Å². The minimum Gasteiger partial charge on any atom is -0.496 e. The maximum Gasteiger partial charge on any atom is 0.122 e. The van der Waals surface area contributed by atoms with E-state index in [1.807, 2.05) is 30.3 Å². The lowest BCUT2D eigenvalue weighted by Gasteiger charge is -2.19. The number of benzene rings is 2. The third kappa shape index (κ3) is 3.45. The molecule has 2 aromatic rings. The van der Waals surface area contributed by atoms with Crippen molar-refractivity contribution in [3.05, 3.63) is 58.6 Å². The van der Waals surface area contributed by atoms with Crippen LogP contribution >= 0.6 is 11.6 Å². The molecule has 0 amide bonds. The number of halogens is 1. The molecule has 0 fully saturated rings. The maximum absolute atomic E-state index is 6.25. The Balaban J connectivity index is 2.11. The third-order valence-electron chi connectivity index (χ3n) is 3.33. The molecule has 0 saturated heterocycles. The van der Waals surface area contributed by atoms with Gasteiger partial charge in [0.15, 0.2) is 0 Å². The first-order valence-electron chi connectivity index (χ1n) is 6.75. The van der Waals surface area contributed by atoms with Crippen LogP contribution in [0.4, 0.5) is 5.69 Å².